The molecule has 3 aromatic rings. The van der Waals surface area contributed by atoms with Crippen molar-refractivity contribution in [1.29, 1.82) is 0 Å². The van der Waals surface area contributed by atoms with E-state index >= 15 is 0 Å². The van der Waals surface area contributed by atoms with Gasteiger partial charge in [0.15, 0.2) is 5.65 Å². The third-order valence-electron chi connectivity index (χ3n) is 5.01. The van der Waals surface area contributed by atoms with Gasteiger partial charge in [0.25, 0.3) is 6.43 Å². The molecule has 2 aromatic heterocycles. The van der Waals surface area contributed by atoms with E-state index < -0.39 is 12.2 Å². The molecule has 1 aliphatic rings. The van der Waals surface area contributed by atoms with Gasteiger partial charge in [-0.15, -0.1) is 15.3 Å². The minimum absolute atomic E-state index is 0.214. The van der Waals surface area contributed by atoms with Crippen LogP contribution in [0.2, 0.25) is 0 Å². The van der Waals surface area contributed by atoms with Gasteiger partial charge in [-0.3, -0.25) is 0 Å². The quantitative estimate of drug-likeness (QED) is 0.699. The second-order valence-corrected chi connectivity index (χ2v) is 6.63. The van der Waals surface area contributed by atoms with Gasteiger partial charge in [0.2, 0.25) is 5.82 Å². The van der Waals surface area contributed by atoms with Crippen LogP contribution in [-0.4, -0.2) is 46.0 Å². The summed E-state index contributed by atoms with van der Waals surface area (Å²) in [5.41, 5.74) is 1.17. The van der Waals surface area contributed by atoms with Gasteiger partial charge in [-0.25, -0.2) is 13.2 Å². The molecular formula is C18H19F3N6. The predicted octanol–water partition coefficient (Wildman–Crippen LogP) is 3.31. The zero-order chi connectivity index (χ0) is 19.0. The molecule has 0 atom stereocenters. The first-order valence-electron chi connectivity index (χ1n) is 8.77. The number of fused-ring (bicyclic) bond motifs is 1. The van der Waals surface area contributed by atoms with Crippen LogP contribution < -0.4 is 9.80 Å². The van der Waals surface area contributed by atoms with Crippen molar-refractivity contribution >= 4 is 17.2 Å². The van der Waals surface area contributed by atoms with Crippen molar-refractivity contribution in [2.24, 2.45) is 0 Å². The maximum absolute atomic E-state index is 13.4. The molecule has 0 amide bonds. The average Bonchev–Trinajstić information content (AvgIpc) is 3.11. The molecule has 1 aromatic carbocycles. The van der Waals surface area contributed by atoms with Gasteiger partial charge in [0, 0.05) is 31.9 Å². The van der Waals surface area contributed by atoms with E-state index in [9.17, 15) is 13.2 Å². The number of benzene rings is 1. The maximum Gasteiger partial charge on any atom is 0.299 e. The fourth-order valence-corrected chi connectivity index (χ4v) is 3.49. The van der Waals surface area contributed by atoms with E-state index in [1.165, 1.54) is 12.1 Å². The minimum Gasteiger partial charge on any atom is -0.371 e. The van der Waals surface area contributed by atoms with Crippen molar-refractivity contribution in [2.75, 3.05) is 29.9 Å². The third kappa shape index (κ3) is 3.41. The number of halogens is 3. The molecule has 0 bridgehead atoms. The topological polar surface area (TPSA) is 49.6 Å². The highest BCUT2D eigenvalue weighted by atomic mass is 19.3. The van der Waals surface area contributed by atoms with E-state index in [0.29, 0.717) is 11.5 Å². The van der Waals surface area contributed by atoms with E-state index in [-0.39, 0.29) is 11.9 Å². The molecule has 9 heteroatoms. The number of nitrogens with zero attached hydrogens (tertiary/aromatic N) is 6. The molecule has 6 nitrogen and oxygen atoms in total. The Kier molecular flexibility index (Phi) is 4.59. The lowest BCUT2D eigenvalue weighted by molar-refractivity contribution is 0.137. The molecule has 0 aliphatic carbocycles. The largest absolute Gasteiger partial charge is 0.371 e. The van der Waals surface area contributed by atoms with Crippen molar-refractivity contribution in [3.8, 4) is 0 Å². The molecule has 1 saturated heterocycles. The van der Waals surface area contributed by atoms with Crippen LogP contribution in [0.4, 0.5) is 24.7 Å². The number of anilines is 2. The van der Waals surface area contributed by atoms with Crippen LogP contribution in [0.25, 0.3) is 5.65 Å². The zero-order valence-electron chi connectivity index (χ0n) is 14.8. The van der Waals surface area contributed by atoms with Crippen LogP contribution >= 0.6 is 0 Å². The highest BCUT2D eigenvalue weighted by molar-refractivity contribution is 5.49. The van der Waals surface area contributed by atoms with E-state index in [1.807, 2.05) is 18.0 Å². The van der Waals surface area contributed by atoms with Crippen molar-refractivity contribution in [3.63, 3.8) is 0 Å². The van der Waals surface area contributed by atoms with Gasteiger partial charge in [-0.2, -0.15) is 4.52 Å². The van der Waals surface area contributed by atoms with Crippen molar-refractivity contribution in [3.05, 3.63) is 48.0 Å². The highest BCUT2D eigenvalue weighted by Gasteiger charge is 2.25. The SMILES string of the molecule is CN(c1ccc2nnc(C(F)F)n2n1)C1CCN(c2cccc(F)c2)CC1. The van der Waals surface area contributed by atoms with Crippen LogP contribution in [0.5, 0.6) is 0 Å². The Morgan fingerprint density at radius 3 is 2.59 bits per heavy atom. The van der Waals surface area contributed by atoms with Crippen molar-refractivity contribution in [1.82, 2.24) is 19.8 Å². The van der Waals surface area contributed by atoms with E-state index in [0.717, 1.165) is 36.1 Å². The number of hydrogen-bond donors (Lipinski definition) is 0. The van der Waals surface area contributed by atoms with Gasteiger partial charge in [0.05, 0.1) is 0 Å². The van der Waals surface area contributed by atoms with Gasteiger partial charge >= 0.3 is 0 Å². The van der Waals surface area contributed by atoms with E-state index in [4.69, 9.17) is 0 Å². The maximum atomic E-state index is 13.4. The van der Waals surface area contributed by atoms with Gasteiger partial charge in [0.1, 0.15) is 11.6 Å². The Labute approximate surface area is 154 Å². The van der Waals surface area contributed by atoms with Gasteiger partial charge in [-0.05, 0) is 43.2 Å². The summed E-state index contributed by atoms with van der Waals surface area (Å²) in [6, 6.07) is 10.2. The first-order chi connectivity index (χ1) is 13.0. The summed E-state index contributed by atoms with van der Waals surface area (Å²) in [7, 11) is 1.91. The van der Waals surface area contributed by atoms with E-state index in [1.54, 1.807) is 18.2 Å². The first-order valence-corrected chi connectivity index (χ1v) is 8.77. The molecule has 0 radical (unpaired) electrons. The fourth-order valence-electron chi connectivity index (χ4n) is 3.49. The lowest BCUT2D eigenvalue weighted by atomic mass is 10.0. The molecule has 0 N–H and O–H groups in total. The number of alkyl halides is 2. The minimum atomic E-state index is -2.73. The second kappa shape index (κ2) is 7.05. The summed E-state index contributed by atoms with van der Waals surface area (Å²) >= 11 is 0. The summed E-state index contributed by atoms with van der Waals surface area (Å²) in [5, 5.41) is 11.5. The molecule has 1 fully saturated rings. The molecule has 0 spiro atoms. The molecule has 0 saturated carbocycles. The van der Waals surface area contributed by atoms with E-state index in [2.05, 4.69) is 20.2 Å². The van der Waals surface area contributed by atoms with Crippen LogP contribution in [0.3, 0.4) is 0 Å². The summed E-state index contributed by atoms with van der Waals surface area (Å²) in [6.07, 6.45) is -1.02. The van der Waals surface area contributed by atoms with Gasteiger partial charge < -0.3 is 9.80 Å². The summed E-state index contributed by atoms with van der Waals surface area (Å²) < 4.78 is 40.6. The molecule has 0 unspecified atom stereocenters. The second-order valence-electron chi connectivity index (χ2n) is 6.63. The Hall–Kier alpha value is -2.84. The number of aromatic nitrogens is 4. The van der Waals surface area contributed by atoms with Crippen LogP contribution in [0.1, 0.15) is 25.1 Å². The fraction of sp³-hybridized carbons (Fsp3) is 0.389. The molecule has 142 valence electrons. The Morgan fingerprint density at radius 1 is 1.11 bits per heavy atom. The molecule has 3 heterocycles. The van der Waals surface area contributed by atoms with Crippen molar-refractivity contribution in [2.45, 2.75) is 25.3 Å². The monoisotopic (exact) mass is 376 g/mol. The summed E-state index contributed by atoms with van der Waals surface area (Å²) in [6.45, 7) is 1.57. The summed E-state index contributed by atoms with van der Waals surface area (Å²) in [5.74, 6) is -0.109. The highest BCUT2D eigenvalue weighted by Crippen LogP contribution is 2.25. The van der Waals surface area contributed by atoms with Crippen LogP contribution in [0.15, 0.2) is 36.4 Å². The standard InChI is InChI=1S/C18H19F3N6/c1-25(16-6-5-15-22-23-18(17(20)21)27(15)24-16)13-7-9-26(10-8-13)14-4-2-3-12(19)11-14/h2-6,11,13,17H,7-10H2,1H3. The van der Waals surface area contributed by atoms with Crippen LogP contribution in [0, 0.1) is 5.82 Å². The predicted molar refractivity (Wildman–Crippen MR) is 95.8 cm³/mol. The van der Waals surface area contributed by atoms with Crippen molar-refractivity contribution < 1.29 is 13.2 Å². The summed E-state index contributed by atoms with van der Waals surface area (Å²) in [4.78, 5) is 4.15. The van der Waals surface area contributed by atoms with Crippen LogP contribution in [-0.2, 0) is 0 Å². The Bertz CT molecular complexity index is 936. The number of rotatable bonds is 4. The molecular weight excluding hydrogens is 357 g/mol. The normalized spacial score (nSPS) is 15.7. The molecule has 27 heavy (non-hydrogen) atoms. The number of hydrogen-bond acceptors (Lipinski definition) is 5. The lowest BCUT2D eigenvalue weighted by Crippen LogP contribution is -2.44. The average molecular weight is 376 g/mol. The smallest absolute Gasteiger partial charge is 0.299 e. The Balaban J connectivity index is 1.48. The zero-order valence-corrected chi connectivity index (χ0v) is 14.8. The molecule has 1 aliphatic heterocycles. The first kappa shape index (κ1) is 17.6. The lowest BCUT2D eigenvalue weighted by Gasteiger charge is -2.38. The van der Waals surface area contributed by atoms with Gasteiger partial charge in [-0.1, -0.05) is 6.07 Å². The number of piperidine rings is 1. The molecule has 4 rings (SSSR count). The third-order valence-corrected chi connectivity index (χ3v) is 5.01. The Morgan fingerprint density at radius 2 is 1.89 bits per heavy atom.